The SMILES string of the molecule is CCc1ccc(C(=O)Nc2cccc(C)c2)[nH]1. The maximum atomic E-state index is 11.9. The first-order valence-electron chi connectivity index (χ1n) is 5.75. The maximum Gasteiger partial charge on any atom is 0.272 e. The number of aromatic amines is 1. The van der Waals surface area contributed by atoms with E-state index >= 15 is 0 Å². The topological polar surface area (TPSA) is 44.9 Å². The van der Waals surface area contributed by atoms with Gasteiger partial charge in [-0.1, -0.05) is 19.1 Å². The van der Waals surface area contributed by atoms with E-state index in [-0.39, 0.29) is 5.91 Å². The van der Waals surface area contributed by atoms with E-state index < -0.39 is 0 Å². The molecule has 2 rings (SSSR count). The van der Waals surface area contributed by atoms with Crippen LogP contribution < -0.4 is 5.32 Å². The van der Waals surface area contributed by atoms with Gasteiger partial charge in [-0.05, 0) is 43.2 Å². The zero-order valence-electron chi connectivity index (χ0n) is 10.1. The van der Waals surface area contributed by atoms with Crippen LogP contribution in [-0.2, 0) is 6.42 Å². The van der Waals surface area contributed by atoms with E-state index in [1.807, 2.05) is 50.2 Å². The van der Waals surface area contributed by atoms with Gasteiger partial charge in [0.2, 0.25) is 0 Å². The third kappa shape index (κ3) is 2.75. The molecule has 0 bridgehead atoms. The number of benzene rings is 1. The molecule has 2 N–H and O–H groups in total. The number of aromatic nitrogens is 1. The highest BCUT2D eigenvalue weighted by Crippen LogP contribution is 2.11. The van der Waals surface area contributed by atoms with Gasteiger partial charge in [0, 0.05) is 11.4 Å². The second-order valence-electron chi connectivity index (χ2n) is 4.07. The first-order chi connectivity index (χ1) is 8.19. The molecule has 17 heavy (non-hydrogen) atoms. The molecule has 0 radical (unpaired) electrons. The standard InChI is InChI=1S/C14H16N2O/c1-3-11-7-8-13(15-11)14(17)16-12-6-4-5-10(2)9-12/h4-9,15H,3H2,1-2H3,(H,16,17). The number of H-pyrrole nitrogens is 1. The molecule has 0 aliphatic rings. The summed E-state index contributed by atoms with van der Waals surface area (Å²) in [6.45, 7) is 4.05. The monoisotopic (exact) mass is 228 g/mol. The fourth-order valence-corrected chi connectivity index (χ4v) is 1.70. The smallest absolute Gasteiger partial charge is 0.272 e. The summed E-state index contributed by atoms with van der Waals surface area (Å²) in [5.41, 5.74) is 3.62. The molecule has 0 aliphatic heterocycles. The normalized spacial score (nSPS) is 10.2. The van der Waals surface area contributed by atoms with Crippen LogP contribution in [0.5, 0.6) is 0 Å². The lowest BCUT2D eigenvalue weighted by Gasteiger charge is -2.04. The molecule has 0 saturated carbocycles. The van der Waals surface area contributed by atoms with Crippen molar-refractivity contribution >= 4 is 11.6 Å². The van der Waals surface area contributed by atoms with Crippen molar-refractivity contribution in [3.8, 4) is 0 Å². The lowest BCUT2D eigenvalue weighted by molar-refractivity contribution is 0.102. The van der Waals surface area contributed by atoms with Gasteiger partial charge in [0.1, 0.15) is 5.69 Å². The summed E-state index contributed by atoms with van der Waals surface area (Å²) in [4.78, 5) is 15.0. The lowest BCUT2D eigenvalue weighted by Crippen LogP contribution is -2.12. The van der Waals surface area contributed by atoms with Gasteiger partial charge in [-0.25, -0.2) is 0 Å². The Hall–Kier alpha value is -2.03. The van der Waals surface area contributed by atoms with E-state index in [2.05, 4.69) is 10.3 Å². The number of carbonyl (C=O) groups is 1. The molecule has 2 aromatic rings. The van der Waals surface area contributed by atoms with Gasteiger partial charge in [0.25, 0.3) is 5.91 Å². The molecular weight excluding hydrogens is 212 g/mol. The maximum absolute atomic E-state index is 11.9. The van der Waals surface area contributed by atoms with Crippen LogP contribution in [-0.4, -0.2) is 10.9 Å². The molecular formula is C14H16N2O. The van der Waals surface area contributed by atoms with Crippen molar-refractivity contribution in [1.29, 1.82) is 0 Å². The van der Waals surface area contributed by atoms with Crippen molar-refractivity contribution in [2.24, 2.45) is 0 Å². The van der Waals surface area contributed by atoms with Gasteiger partial charge in [0.15, 0.2) is 0 Å². The van der Waals surface area contributed by atoms with E-state index in [4.69, 9.17) is 0 Å². The fraction of sp³-hybridized carbons (Fsp3) is 0.214. The van der Waals surface area contributed by atoms with Gasteiger partial charge in [0.05, 0.1) is 0 Å². The van der Waals surface area contributed by atoms with Crippen molar-refractivity contribution in [1.82, 2.24) is 4.98 Å². The fourth-order valence-electron chi connectivity index (χ4n) is 1.70. The highest BCUT2D eigenvalue weighted by atomic mass is 16.1. The van der Waals surface area contributed by atoms with Gasteiger partial charge >= 0.3 is 0 Å². The summed E-state index contributed by atoms with van der Waals surface area (Å²) >= 11 is 0. The van der Waals surface area contributed by atoms with Crippen LogP contribution in [0, 0.1) is 6.92 Å². The first kappa shape index (κ1) is 11.5. The number of hydrogen-bond donors (Lipinski definition) is 2. The van der Waals surface area contributed by atoms with Crippen LogP contribution in [0.2, 0.25) is 0 Å². The molecule has 1 aromatic heterocycles. The number of carbonyl (C=O) groups excluding carboxylic acids is 1. The Balaban J connectivity index is 2.11. The van der Waals surface area contributed by atoms with Gasteiger partial charge in [-0.3, -0.25) is 4.79 Å². The molecule has 0 saturated heterocycles. The summed E-state index contributed by atoms with van der Waals surface area (Å²) in [6.07, 6.45) is 0.901. The number of nitrogens with one attached hydrogen (secondary N) is 2. The molecule has 0 unspecified atom stereocenters. The van der Waals surface area contributed by atoms with Crippen molar-refractivity contribution in [2.45, 2.75) is 20.3 Å². The second-order valence-corrected chi connectivity index (χ2v) is 4.07. The number of rotatable bonds is 3. The van der Waals surface area contributed by atoms with Crippen LogP contribution in [0.4, 0.5) is 5.69 Å². The Bertz CT molecular complexity index is 529. The minimum Gasteiger partial charge on any atom is -0.354 e. The predicted octanol–water partition coefficient (Wildman–Crippen LogP) is 3.14. The molecule has 3 nitrogen and oxygen atoms in total. The molecule has 0 aliphatic carbocycles. The molecule has 1 heterocycles. The number of anilines is 1. The van der Waals surface area contributed by atoms with Crippen LogP contribution >= 0.6 is 0 Å². The third-order valence-corrected chi connectivity index (χ3v) is 2.65. The molecule has 88 valence electrons. The first-order valence-corrected chi connectivity index (χ1v) is 5.75. The van der Waals surface area contributed by atoms with Gasteiger partial charge < -0.3 is 10.3 Å². The summed E-state index contributed by atoms with van der Waals surface area (Å²) in [5.74, 6) is -0.102. The van der Waals surface area contributed by atoms with Crippen molar-refractivity contribution in [3.05, 3.63) is 53.3 Å². The zero-order valence-corrected chi connectivity index (χ0v) is 10.1. The summed E-state index contributed by atoms with van der Waals surface area (Å²) < 4.78 is 0. The predicted molar refractivity (Wildman–Crippen MR) is 69.3 cm³/mol. The number of amides is 1. The quantitative estimate of drug-likeness (QED) is 0.832. The van der Waals surface area contributed by atoms with Crippen LogP contribution in [0.25, 0.3) is 0 Å². The third-order valence-electron chi connectivity index (χ3n) is 2.65. The molecule has 0 atom stereocenters. The van der Waals surface area contributed by atoms with E-state index in [1.165, 1.54) is 0 Å². The average molecular weight is 228 g/mol. The van der Waals surface area contributed by atoms with E-state index in [1.54, 1.807) is 0 Å². The largest absolute Gasteiger partial charge is 0.354 e. The minimum atomic E-state index is -0.102. The summed E-state index contributed by atoms with van der Waals surface area (Å²) in [7, 11) is 0. The number of aryl methyl sites for hydroxylation is 2. The van der Waals surface area contributed by atoms with Crippen LogP contribution in [0.1, 0.15) is 28.7 Å². The Morgan fingerprint density at radius 3 is 2.76 bits per heavy atom. The Morgan fingerprint density at radius 2 is 2.12 bits per heavy atom. The summed E-state index contributed by atoms with van der Waals surface area (Å²) in [6, 6.07) is 11.5. The molecule has 1 aromatic carbocycles. The van der Waals surface area contributed by atoms with E-state index in [9.17, 15) is 4.79 Å². The second kappa shape index (κ2) is 4.87. The van der Waals surface area contributed by atoms with E-state index in [0.29, 0.717) is 5.69 Å². The Kier molecular flexibility index (Phi) is 3.28. The Labute approximate surface area is 101 Å². The van der Waals surface area contributed by atoms with Gasteiger partial charge in [-0.15, -0.1) is 0 Å². The lowest BCUT2D eigenvalue weighted by atomic mass is 10.2. The zero-order chi connectivity index (χ0) is 12.3. The molecule has 3 heteroatoms. The highest BCUT2D eigenvalue weighted by molar-refractivity contribution is 6.03. The minimum absolute atomic E-state index is 0.102. The number of hydrogen-bond acceptors (Lipinski definition) is 1. The van der Waals surface area contributed by atoms with E-state index in [0.717, 1.165) is 23.4 Å². The molecule has 0 spiro atoms. The highest BCUT2D eigenvalue weighted by Gasteiger charge is 2.07. The molecule has 1 amide bonds. The van der Waals surface area contributed by atoms with Crippen LogP contribution in [0.3, 0.4) is 0 Å². The van der Waals surface area contributed by atoms with Crippen molar-refractivity contribution in [3.63, 3.8) is 0 Å². The van der Waals surface area contributed by atoms with Crippen LogP contribution in [0.15, 0.2) is 36.4 Å². The Morgan fingerprint density at radius 1 is 1.29 bits per heavy atom. The van der Waals surface area contributed by atoms with Gasteiger partial charge in [-0.2, -0.15) is 0 Å². The summed E-state index contributed by atoms with van der Waals surface area (Å²) in [5, 5.41) is 2.87. The molecule has 0 fully saturated rings. The van der Waals surface area contributed by atoms with Crippen molar-refractivity contribution in [2.75, 3.05) is 5.32 Å². The van der Waals surface area contributed by atoms with Crippen molar-refractivity contribution < 1.29 is 4.79 Å². The average Bonchev–Trinajstić information content (AvgIpc) is 2.77.